The number of carbonyl (C=O) groups is 1. The standard InChI is InChI=1S/C12H13ClN2OS2/c1-15(6-9-2-3-17-7-9)12(16)4-11-14-10(5-13)8-18-11/h2-3,7-8H,4-6H2,1H3. The zero-order valence-electron chi connectivity index (χ0n) is 9.93. The Morgan fingerprint density at radius 2 is 2.33 bits per heavy atom. The summed E-state index contributed by atoms with van der Waals surface area (Å²) in [6, 6.07) is 2.03. The number of nitrogens with zero attached hydrogens (tertiary/aromatic N) is 2. The molecule has 2 rings (SSSR count). The van der Waals surface area contributed by atoms with Crippen LogP contribution in [0, 0.1) is 0 Å². The third-order valence-corrected chi connectivity index (χ3v) is 4.37. The first-order valence-corrected chi connectivity index (χ1v) is 7.79. The van der Waals surface area contributed by atoms with Gasteiger partial charge in [-0.3, -0.25) is 4.79 Å². The lowest BCUT2D eigenvalue weighted by molar-refractivity contribution is -0.129. The number of carbonyl (C=O) groups excluding carboxylic acids is 1. The van der Waals surface area contributed by atoms with Crippen LogP contribution in [0.3, 0.4) is 0 Å². The van der Waals surface area contributed by atoms with Gasteiger partial charge in [0.25, 0.3) is 0 Å². The number of rotatable bonds is 5. The summed E-state index contributed by atoms with van der Waals surface area (Å²) < 4.78 is 0. The van der Waals surface area contributed by atoms with Crippen molar-refractivity contribution in [3.63, 3.8) is 0 Å². The first-order valence-electron chi connectivity index (χ1n) is 5.43. The molecule has 0 aromatic carbocycles. The van der Waals surface area contributed by atoms with Gasteiger partial charge in [0.05, 0.1) is 18.0 Å². The van der Waals surface area contributed by atoms with Gasteiger partial charge < -0.3 is 4.90 Å². The Morgan fingerprint density at radius 3 is 2.94 bits per heavy atom. The molecule has 0 aliphatic carbocycles. The van der Waals surface area contributed by atoms with Gasteiger partial charge in [-0.25, -0.2) is 4.98 Å². The normalized spacial score (nSPS) is 10.6. The fourth-order valence-corrected chi connectivity index (χ4v) is 3.17. The molecular weight excluding hydrogens is 288 g/mol. The molecule has 0 N–H and O–H groups in total. The van der Waals surface area contributed by atoms with Gasteiger partial charge in [-0.15, -0.1) is 22.9 Å². The number of halogens is 1. The number of amides is 1. The number of thiophene rings is 1. The lowest BCUT2D eigenvalue weighted by atomic mass is 10.3. The Morgan fingerprint density at radius 1 is 1.50 bits per heavy atom. The van der Waals surface area contributed by atoms with Crippen LogP contribution in [0.5, 0.6) is 0 Å². The largest absolute Gasteiger partial charge is 0.341 e. The number of hydrogen-bond acceptors (Lipinski definition) is 4. The molecule has 96 valence electrons. The summed E-state index contributed by atoms with van der Waals surface area (Å²) in [5.41, 5.74) is 2.00. The van der Waals surface area contributed by atoms with Gasteiger partial charge in [0.15, 0.2) is 0 Å². The van der Waals surface area contributed by atoms with Gasteiger partial charge in [0, 0.05) is 19.0 Å². The smallest absolute Gasteiger partial charge is 0.229 e. The van der Waals surface area contributed by atoms with Crippen LogP contribution in [0.15, 0.2) is 22.2 Å². The molecule has 3 nitrogen and oxygen atoms in total. The van der Waals surface area contributed by atoms with Crippen molar-refractivity contribution in [2.24, 2.45) is 0 Å². The Kier molecular flexibility index (Phi) is 4.74. The van der Waals surface area contributed by atoms with Gasteiger partial charge in [-0.1, -0.05) is 0 Å². The van der Waals surface area contributed by atoms with Gasteiger partial charge >= 0.3 is 0 Å². The summed E-state index contributed by atoms with van der Waals surface area (Å²) in [7, 11) is 1.82. The predicted molar refractivity (Wildman–Crippen MR) is 76.2 cm³/mol. The molecule has 0 spiro atoms. The molecule has 1 amide bonds. The van der Waals surface area contributed by atoms with E-state index in [0.29, 0.717) is 18.8 Å². The molecule has 0 fully saturated rings. The zero-order chi connectivity index (χ0) is 13.0. The van der Waals surface area contributed by atoms with Crippen LogP contribution in [0.2, 0.25) is 0 Å². The molecule has 0 saturated carbocycles. The highest BCUT2D eigenvalue weighted by Crippen LogP contribution is 2.14. The third kappa shape index (κ3) is 3.54. The highest BCUT2D eigenvalue weighted by molar-refractivity contribution is 7.09. The zero-order valence-corrected chi connectivity index (χ0v) is 12.3. The number of alkyl halides is 1. The summed E-state index contributed by atoms with van der Waals surface area (Å²) in [4.78, 5) is 18.0. The average Bonchev–Trinajstić information content (AvgIpc) is 3.00. The van der Waals surface area contributed by atoms with Crippen molar-refractivity contribution in [2.75, 3.05) is 7.05 Å². The quantitative estimate of drug-likeness (QED) is 0.795. The number of hydrogen-bond donors (Lipinski definition) is 0. The third-order valence-electron chi connectivity index (χ3n) is 2.46. The fraction of sp³-hybridized carbons (Fsp3) is 0.333. The molecule has 0 radical (unpaired) electrons. The number of aromatic nitrogens is 1. The average molecular weight is 301 g/mol. The van der Waals surface area contributed by atoms with Crippen LogP contribution in [-0.2, 0) is 23.6 Å². The van der Waals surface area contributed by atoms with Crippen LogP contribution in [0.25, 0.3) is 0 Å². The number of likely N-dealkylation sites (N-methyl/N-ethyl adjacent to an activating group) is 1. The maximum absolute atomic E-state index is 12.0. The van der Waals surface area contributed by atoms with E-state index < -0.39 is 0 Å². The highest BCUT2D eigenvalue weighted by atomic mass is 35.5. The van der Waals surface area contributed by atoms with Gasteiger partial charge in [-0.05, 0) is 22.4 Å². The molecule has 6 heteroatoms. The molecule has 2 heterocycles. The molecule has 0 atom stereocenters. The topological polar surface area (TPSA) is 33.2 Å². The summed E-state index contributed by atoms with van der Waals surface area (Å²) in [6.07, 6.45) is 0.349. The molecule has 0 aliphatic heterocycles. The Hall–Kier alpha value is -0.910. The van der Waals surface area contributed by atoms with Gasteiger partial charge in [0.1, 0.15) is 5.01 Å². The van der Waals surface area contributed by atoms with E-state index in [1.165, 1.54) is 11.3 Å². The minimum Gasteiger partial charge on any atom is -0.341 e. The SMILES string of the molecule is CN(Cc1ccsc1)C(=O)Cc1nc(CCl)cs1. The van der Waals surface area contributed by atoms with Crippen molar-refractivity contribution in [1.82, 2.24) is 9.88 Å². The van der Waals surface area contributed by atoms with E-state index in [1.54, 1.807) is 16.2 Å². The second kappa shape index (κ2) is 6.31. The minimum atomic E-state index is 0.0803. The van der Waals surface area contributed by atoms with Gasteiger partial charge in [-0.2, -0.15) is 11.3 Å². The molecular formula is C12H13ClN2OS2. The van der Waals surface area contributed by atoms with E-state index in [2.05, 4.69) is 10.4 Å². The summed E-state index contributed by atoms with van der Waals surface area (Å²) in [5.74, 6) is 0.478. The van der Waals surface area contributed by atoms with Crippen LogP contribution >= 0.6 is 34.3 Å². The molecule has 0 bridgehead atoms. The van der Waals surface area contributed by atoms with Crippen molar-refractivity contribution >= 4 is 40.2 Å². The Balaban J connectivity index is 1.90. The second-order valence-electron chi connectivity index (χ2n) is 3.92. The first kappa shape index (κ1) is 13.5. The van der Waals surface area contributed by atoms with E-state index in [4.69, 9.17) is 11.6 Å². The summed E-state index contributed by atoms with van der Waals surface area (Å²) >= 11 is 8.81. The Labute approximate surface area is 119 Å². The van der Waals surface area contributed by atoms with Crippen molar-refractivity contribution in [1.29, 1.82) is 0 Å². The minimum absolute atomic E-state index is 0.0803. The van der Waals surface area contributed by atoms with E-state index in [-0.39, 0.29) is 5.91 Å². The maximum Gasteiger partial charge on any atom is 0.229 e. The molecule has 2 aromatic rings. The van der Waals surface area contributed by atoms with E-state index >= 15 is 0 Å². The molecule has 0 unspecified atom stereocenters. The van der Waals surface area contributed by atoms with Crippen LogP contribution < -0.4 is 0 Å². The summed E-state index contributed by atoms with van der Waals surface area (Å²) in [5, 5.41) is 6.79. The van der Waals surface area contributed by atoms with Gasteiger partial charge in [0.2, 0.25) is 5.91 Å². The first-order chi connectivity index (χ1) is 8.69. The summed E-state index contributed by atoms with van der Waals surface area (Å²) in [6.45, 7) is 0.649. The van der Waals surface area contributed by atoms with Crippen molar-refractivity contribution < 1.29 is 4.79 Å². The monoisotopic (exact) mass is 300 g/mol. The molecule has 0 saturated heterocycles. The lowest BCUT2D eigenvalue weighted by Crippen LogP contribution is -2.27. The Bertz CT molecular complexity index is 510. The van der Waals surface area contributed by atoms with Crippen LogP contribution in [-0.4, -0.2) is 22.8 Å². The van der Waals surface area contributed by atoms with Crippen molar-refractivity contribution in [3.8, 4) is 0 Å². The van der Waals surface area contributed by atoms with Crippen molar-refractivity contribution in [3.05, 3.63) is 38.5 Å². The second-order valence-corrected chi connectivity index (χ2v) is 5.91. The predicted octanol–water partition coefficient (Wildman–Crippen LogP) is 3.14. The van der Waals surface area contributed by atoms with Crippen LogP contribution in [0.1, 0.15) is 16.3 Å². The molecule has 0 aliphatic rings. The maximum atomic E-state index is 12.0. The highest BCUT2D eigenvalue weighted by Gasteiger charge is 2.12. The molecule has 2 aromatic heterocycles. The van der Waals surface area contributed by atoms with E-state index in [1.807, 2.05) is 23.9 Å². The van der Waals surface area contributed by atoms with Crippen LogP contribution in [0.4, 0.5) is 0 Å². The fourth-order valence-electron chi connectivity index (χ4n) is 1.50. The lowest BCUT2D eigenvalue weighted by Gasteiger charge is -2.15. The molecule has 18 heavy (non-hydrogen) atoms. The van der Waals surface area contributed by atoms with Crippen molar-refractivity contribution in [2.45, 2.75) is 18.8 Å². The number of thiazole rings is 1. The van der Waals surface area contributed by atoms with E-state index in [9.17, 15) is 4.79 Å². The van der Waals surface area contributed by atoms with E-state index in [0.717, 1.165) is 16.3 Å².